The fraction of sp³-hybridized carbons (Fsp3) is 1.00. The zero-order chi connectivity index (χ0) is 7.11. The van der Waals surface area contributed by atoms with Crippen molar-refractivity contribution in [2.24, 2.45) is 5.92 Å². The molecule has 1 unspecified atom stereocenters. The summed E-state index contributed by atoms with van der Waals surface area (Å²) in [5.41, 5.74) is 0. The van der Waals surface area contributed by atoms with Crippen LogP contribution >= 0.6 is 12.6 Å². The molecule has 0 fully saturated rings. The van der Waals surface area contributed by atoms with E-state index in [0.717, 1.165) is 25.4 Å². The Bertz CT molecular complexity index is 56.9. The van der Waals surface area contributed by atoms with Crippen molar-refractivity contribution in [3.05, 3.63) is 0 Å². The molecule has 0 radical (unpaired) electrons. The van der Waals surface area contributed by atoms with Crippen LogP contribution < -0.4 is 0 Å². The Morgan fingerprint density at radius 3 is 2.67 bits per heavy atom. The van der Waals surface area contributed by atoms with Crippen molar-refractivity contribution in [2.45, 2.75) is 20.3 Å². The Balaban J connectivity index is 2.88. The maximum absolute atomic E-state index is 5.17. The quantitative estimate of drug-likeness (QED) is 0.463. The Morgan fingerprint density at radius 2 is 2.22 bits per heavy atom. The predicted octanol–water partition coefficient (Wildman–Crippen LogP) is 1.98. The Hall–Kier alpha value is 0.310. The van der Waals surface area contributed by atoms with Gasteiger partial charge >= 0.3 is 0 Å². The van der Waals surface area contributed by atoms with Crippen LogP contribution in [0.2, 0.25) is 0 Å². The smallest absolute Gasteiger partial charge is 0.0468 e. The molecule has 2 heteroatoms. The number of hydrogen-bond acceptors (Lipinski definition) is 2. The van der Waals surface area contributed by atoms with Gasteiger partial charge in [-0.1, -0.05) is 6.92 Å². The lowest BCUT2D eigenvalue weighted by molar-refractivity contribution is 0.136. The van der Waals surface area contributed by atoms with Gasteiger partial charge in [0.2, 0.25) is 0 Å². The summed E-state index contributed by atoms with van der Waals surface area (Å²) in [6.07, 6.45) is 1.14. The molecule has 1 nitrogen and oxygen atoms in total. The van der Waals surface area contributed by atoms with Gasteiger partial charge < -0.3 is 4.74 Å². The van der Waals surface area contributed by atoms with Gasteiger partial charge in [0.15, 0.2) is 0 Å². The van der Waals surface area contributed by atoms with Gasteiger partial charge in [0.05, 0.1) is 0 Å². The van der Waals surface area contributed by atoms with Crippen LogP contribution in [0.15, 0.2) is 0 Å². The molecule has 0 amide bonds. The van der Waals surface area contributed by atoms with Gasteiger partial charge in [0, 0.05) is 13.2 Å². The molecule has 0 saturated heterocycles. The fourth-order valence-electron chi connectivity index (χ4n) is 0.520. The highest BCUT2D eigenvalue weighted by molar-refractivity contribution is 7.80. The van der Waals surface area contributed by atoms with Crippen molar-refractivity contribution in [1.82, 2.24) is 0 Å². The predicted molar refractivity (Wildman–Crippen MR) is 44.1 cm³/mol. The molecule has 0 aromatic rings. The third-order valence-electron chi connectivity index (χ3n) is 1.27. The molecule has 0 aromatic carbocycles. The van der Waals surface area contributed by atoms with Crippen molar-refractivity contribution < 1.29 is 4.74 Å². The molecule has 0 aliphatic carbocycles. The van der Waals surface area contributed by atoms with Gasteiger partial charge in [0.1, 0.15) is 0 Å². The lowest BCUT2D eigenvalue weighted by Crippen LogP contribution is -2.02. The van der Waals surface area contributed by atoms with Crippen molar-refractivity contribution >= 4 is 12.6 Å². The van der Waals surface area contributed by atoms with Gasteiger partial charge in [0.25, 0.3) is 0 Å². The van der Waals surface area contributed by atoms with Crippen LogP contribution in [0.3, 0.4) is 0 Å². The SMILES string of the molecule is CCOCCC(C)CS. The molecule has 0 aromatic heterocycles. The summed E-state index contributed by atoms with van der Waals surface area (Å²) in [5.74, 6) is 1.66. The zero-order valence-electron chi connectivity index (χ0n) is 6.26. The average molecular weight is 148 g/mol. The third-order valence-corrected chi connectivity index (χ3v) is 1.89. The Kier molecular flexibility index (Phi) is 6.65. The molecule has 0 rings (SSSR count). The number of ether oxygens (including phenoxy) is 1. The van der Waals surface area contributed by atoms with E-state index in [4.69, 9.17) is 4.74 Å². The highest BCUT2D eigenvalue weighted by Crippen LogP contribution is 2.02. The molecule has 0 aliphatic heterocycles. The number of hydrogen-bond donors (Lipinski definition) is 1. The second kappa shape index (κ2) is 6.43. The van der Waals surface area contributed by atoms with E-state index in [0.29, 0.717) is 5.92 Å². The Morgan fingerprint density at radius 1 is 1.56 bits per heavy atom. The highest BCUT2D eigenvalue weighted by atomic mass is 32.1. The summed E-state index contributed by atoms with van der Waals surface area (Å²) in [7, 11) is 0. The first kappa shape index (κ1) is 9.31. The lowest BCUT2D eigenvalue weighted by atomic mass is 10.1. The highest BCUT2D eigenvalue weighted by Gasteiger charge is 1.96. The number of rotatable bonds is 5. The molecule has 56 valence electrons. The first-order valence-corrected chi connectivity index (χ1v) is 4.13. The summed E-state index contributed by atoms with van der Waals surface area (Å²) in [6, 6.07) is 0. The number of thiol groups is 1. The normalized spacial score (nSPS) is 13.7. The summed E-state index contributed by atoms with van der Waals surface area (Å²) < 4.78 is 5.17. The van der Waals surface area contributed by atoms with E-state index in [9.17, 15) is 0 Å². The molecule has 0 N–H and O–H groups in total. The van der Waals surface area contributed by atoms with E-state index in [1.807, 2.05) is 6.92 Å². The maximum Gasteiger partial charge on any atom is 0.0468 e. The second-order valence-electron chi connectivity index (χ2n) is 2.27. The van der Waals surface area contributed by atoms with E-state index in [1.54, 1.807) is 0 Å². The molecule has 0 saturated carbocycles. The molecular formula is C7H16OS. The largest absolute Gasteiger partial charge is 0.382 e. The maximum atomic E-state index is 5.17. The summed E-state index contributed by atoms with van der Waals surface area (Å²) in [4.78, 5) is 0. The van der Waals surface area contributed by atoms with Crippen LogP contribution in [0, 0.1) is 5.92 Å². The first-order chi connectivity index (χ1) is 4.31. The summed E-state index contributed by atoms with van der Waals surface area (Å²) in [6.45, 7) is 5.93. The van der Waals surface area contributed by atoms with E-state index in [2.05, 4.69) is 19.6 Å². The van der Waals surface area contributed by atoms with E-state index < -0.39 is 0 Å². The Labute approximate surface area is 63.2 Å². The third kappa shape index (κ3) is 6.19. The van der Waals surface area contributed by atoms with Gasteiger partial charge in [-0.05, 0) is 25.0 Å². The van der Waals surface area contributed by atoms with Gasteiger partial charge in [-0.3, -0.25) is 0 Å². The zero-order valence-corrected chi connectivity index (χ0v) is 7.16. The minimum Gasteiger partial charge on any atom is -0.382 e. The molecule has 0 heterocycles. The standard InChI is InChI=1S/C7H16OS/c1-3-8-5-4-7(2)6-9/h7,9H,3-6H2,1-2H3. The van der Waals surface area contributed by atoms with Crippen molar-refractivity contribution in [3.63, 3.8) is 0 Å². The monoisotopic (exact) mass is 148 g/mol. The minimum atomic E-state index is 0.694. The van der Waals surface area contributed by atoms with Crippen molar-refractivity contribution in [1.29, 1.82) is 0 Å². The van der Waals surface area contributed by atoms with E-state index in [1.165, 1.54) is 0 Å². The van der Waals surface area contributed by atoms with Gasteiger partial charge in [-0.15, -0.1) is 0 Å². The van der Waals surface area contributed by atoms with Crippen LogP contribution in [0.25, 0.3) is 0 Å². The summed E-state index contributed by atoms with van der Waals surface area (Å²) in [5, 5.41) is 0. The molecule has 0 aliphatic rings. The van der Waals surface area contributed by atoms with E-state index in [-0.39, 0.29) is 0 Å². The van der Waals surface area contributed by atoms with Crippen LogP contribution in [0.1, 0.15) is 20.3 Å². The lowest BCUT2D eigenvalue weighted by Gasteiger charge is -2.05. The van der Waals surface area contributed by atoms with Crippen LogP contribution in [-0.2, 0) is 4.74 Å². The van der Waals surface area contributed by atoms with E-state index >= 15 is 0 Å². The molecule has 9 heavy (non-hydrogen) atoms. The fourth-order valence-corrected chi connectivity index (χ4v) is 0.703. The van der Waals surface area contributed by atoms with Gasteiger partial charge in [-0.25, -0.2) is 0 Å². The van der Waals surface area contributed by atoms with Gasteiger partial charge in [-0.2, -0.15) is 12.6 Å². The second-order valence-corrected chi connectivity index (χ2v) is 2.64. The topological polar surface area (TPSA) is 9.23 Å². The minimum absolute atomic E-state index is 0.694. The average Bonchev–Trinajstić information content (AvgIpc) is 1.89. The first-order valence-electron chi connectivity index (χ1n) is 3.49. The molecule has 1 atom stereocenters. The van der Waals surface area contributed by atoms with Crippen molar-refractivity contribution in [3.8, 4) is 0 Å². The molecular weight excluding hydrogens is 132 g/mol. The summed E-state index contributed by atoms with van der Waals surface area (Å²) >= 11 is 4.16. The molecule has 0 spiro atoms. The molecule has 0 bridgehead atoms. The van der Waals surface area contributed by atoms with Crippen LogP contribution in [-0.4, -0.2) is 19.0 Å². The van der Waals surface area contributed by atoms with Crippen molar-refractivity contribution in [2.75, 3.05) is 19.0 Å². The van der Waals surface area contributed by atoms with Crippen LogP contribution in [0.4, 0.5) is 0 Å². The van der Waals surface area contributed by atoms with Crippen LogP contribution in [0.5, 0.6) is 0 Å².